The zero-order valence-corrected chi connectivity index (χ0v) is 12.4. The summed E-state index contributed by atoms with van der Waals surface area (Å²) < 4.78 is 0. The molecule has 6 nitrogen and oxygen atoms in total. The van der Waals surface area contributed by atoms with Gasteiger partial charge in [-0.3, -0.25) is 29.4 Å². The van der Waals surface area contributed by atoms with E-state index in [0.29, 0.717) is 11.1 Å². The minimum Gasteiger partial charge on any atom is -0.295 e. The molecule has 1 saturated heterocycles. The molecule has 1 aliphatic carbocycles. The minimum atomic E-state index is -0.917. The fraction of sp³-hybridized carbons (Fsp3) is 0.375. The van der Waals surface area contributed by atoms with Crippen LogP contribution in [0.15, 0.2) is 35.5 Å². The summed E-state index contributed by atoms with van der Waals surface area (Å²) in [6.07, 6.45) is 7.28. The minimum absolute atomic E-state index is 0.122. The van der Waals surface area contributed by atoms with E-state index in [1.54, 1.807) is 12.2 Å². The van der Waals surface area contributed by atoms with E-state index in [2.05, 4.69) is 5.32 Å². The lowest BCUT2D eigenvalue weighted by Gasteiger charge is -2.28. The number of piperidine rings is 1. The molecule has 2 aliphatic heterocycles. The number of hydrogen-bond donors (Lipinski definition) is 1. The summed E-state index contributed by atoms with van der Waals surface area (Å²) in [5, 5.41) is 2.18. The summed E-state index contributed by atoms with van der Waals surface area (Å²) >= 11 is 0. The van der Waals surface area contributed by atoms with Crippen LogP contribution in [-0.4, -0.2) is 34.6 Å². The highest BCUT2D eigenvalue weighted by atomic mass is 16.2. The Labute approximate surface area is 127 Å². The van der Waals surface area contributed by atoms with Crippen molar-refractivity contribution in [3.05, 3.63) is 35.5 Å². The topological polar surface area (TPSA) is 83.6 Å². The SMILES string of the molecule is CC1(C)C=CC2=C(C=C1)C(=O)N(C1CCC(=O)NC1=O)C2=O. The lowest BCUT2D eigenvalue weighted by atomic mass is 9.93. The highest BCUT2D eigenvalue weighted by Gasteiger charge is 2.45. The Morgan fingerprint density at radius 2 is 1.59 bits per heavy atom. The Bertz CT molecular complexity index is 659. The van der Waals surface area contributed by atoms with Gasteiger partial charge in [0, 0.05) is 11.8 Å². The predicted octanol–water partition coefficient (Wildman–Crippen LogP) is 0.609. The number of nitrogens with one attached hydrogen (secondary N) is 1. The lowest BCUT2D eigenvalue weighted by molar-refractivity contribution is -0.149. The molecule has 114 valence electrons. The molecule has 0 saturated carbocycles. The predicted molar refractivity (Wildman–Crippen MR) is 77.1 cm³/mol. The monoisotopic (exact) mass is 300 g/mol. The van der Waals surface area contributed by atoms with Crippen LogP contribution in [0.1, 0.15) is 26.7 Å². The van der Waals surface area contributed by atoms with E-state index in [1.165, 1.54) is 0 Å². The van der Waals surface area contributed by atoms with Gasteiger partial charge < -0.3 is 0 Å². The van der Waals surface area contributed by atoms with E-state index < -0.39 is 23.8 Å². The van der Waals surface area contributed by atoms with Crippen LogP contribution in [0.3, 0.4) is 0 Å². The highest BCUT2D eigenvalue weighted by molar-refractivity contribution is 6.24. The fourth-order valence-corrected chi connectivity index (χ4v) is 2.77. The second kappa shape index (κ2) is 4.76. The molecule has 2 heterocycles. The molecule has 0 bridgehead atoms. The Morgan fingerprint density at radius 1 is 1.05 bits per heavy atom. The Morgan fingerprint density at radius 3 is 2.09 bits per heavy atom. The maximum absolute atomic E-state index is 12.5. The summed E-state index contributed by atoms with van der Waals surface area (Å²) in [7, 11) is 0. The number of nitrogens with zero attached hydrogens (tertiary/aromatic N) is 1. The van der Waals surface area contributed by atoms with Crippen molar-refractivity contribution in [1.29, 1.82) is 0 Å². The van der Waals surface area contributed by atoms with Gasteiger partial charge in [-0.1, -0.05) is 38.2 Å². The van der Waals surface area contributed by atoms with E-state index in [1.807, 2.05) is 26.0 Å². The van der Waals surface area contributed by atoms with Gasteiger partial charge in [0.1, 0.15) is 6.04 Å². The van der Waals surface area contributed by atoms with Crippen molar-refractivity contribution in [3.63, 3.8) is 0 Å². The molecular formula is C16H16N2O4. The molecule has 3 rings (SSSR count). The van der Waals surface area contributed by atoms with Crippen LogP contribution in [0.5, 0.6) is 0 Å². The number of carbonyl (C=O) groups excluding carboxylic acids is 4. The van der Waals surface area contributed by atoms with E-state index in [-0.39, 0.29) is 24.2 Å². The maximum atomic E-state index is 12.5. The Kier molecular flexibility index (Phi) is 3.12. The van der Waals surface area contributed by atoms with Crippen molar-refractivity contribution in [2.24, 2.45) is 5.41 Å². The van der Waals surface area contributed by atoms with Crippen LogP contribution >= 0.6 is 0 Å². The van der Waals surface area contributed by atoms with Crippen molar-refractivity contribution in [2.75, 3.05) is 0 Å². The first-order valence-corrected chi connectivity index (χ1v) is 7.14. The molecule has 1 fully saturated rings. The van der Waals surface area contributed by atoms with Gasteiger partial charge >= 0.3 is 0 Å². The van der Waals surface area contributed by atoms with Crippen molar-refractivity contribution in [3.8, 4) is 0 Å². The van der Waals surface area contributed by atoms with E-state index in [9.17, 15) is 19.2 Å². The van der Waals surface area contributed by atoms with E-state index in [4.69, 9.17) is 0 Å². The number of rotatable bonds is 1. The van der Waals surface area contributed by atoms with Crippen LogP contribution in [0.4, 0.5) is 0 Å². The van der Waals surface area contributed by atoms with Gasteiger partial charge in [0.25, 0.3) is 11.8 Å². The average Bonchev–Trinajstić information content (AvgIpc) is 2.56. The molecule has 0 aromatic heterocycles. The molecule has 1 atom stereocenters. The Balaban J connectivity index is 1.93. The molecule has 3 aliphatic rings. The molecular weight excluding hydrogens is 284 g/mol. The first kappa shape index (κ1) is 14.4. The molecule has 1 unspecified atom stereocenters. The highest BCUT2D eigenvalue weighted by Crippen LogP contribution is 2.32. The lowest BCUT2D eigenvalue weighted by Crippen LogP contribution is -2.54. The fourth-order valence-electron chi connectivity index (χ4n) is 2.77. The standard InChI is InChI=1S/C16H16N2O4/c1-16(2)7-5-9-10(6-8-16)15(22)18(14(9)21)11-3-4-12(19)17-13(11)20/h5-8,11H,3-4H2,1-2H3,(H,17,19,20). The molecule has 0 radical (unpaired) electrons. The molecule has 6 heteroatoms. The molecule has 0 aromatic carbocycles. The van der Waals surface area contributed by atoms with Crippen molar-refractivity contribution in [1.82, 2.24) is 10.2 Å². The molecule has 0 aromatic rings. The molecule has 0 spiro atoms. The first-order chi connectivity index (χ1) is 10.3. The largest absolute Gasteiger partial charge is 0.295 e. The number of imide groups is 2. The molecule has 4 amide bonds. The zero-order valence-electron chi connectivity index (χ0n) is 12.4. The summed E-state index contributed by atoms with van der Waals surface area (Å²) in [5.74, 6) is -1.93. The van der Waals surface area contributed by atoms with Crippen LogP contribution in [0, 0.1) is 5.41 Å². The van der Waals surface area contributed by atoms with Crippen LogP contribution < -0.4 is 5.32 Å². The normalized spacial score (nSPS) is 27.2. The van der Waals surface area contributed by atoms with Gasteiger partial charge in [0.2, 0.25) is 11.8 Å². The van der Waals surface area contributed by atoms with Gasteiger partial charge in [-0.2, -0.15) is 0 Å². The van der Waals surface area contributed by atoms with Crippen LogP contribution in [0.2, 0.25) is 0 Å². The molecule has 22 heavy (non-hydrogen) atoms. The average molecular weight is 300 g/mol. The summed E-state index contributed by atoms with van der Waals surface area (Å²) in [5.41, 5.74) is 0.359. The molecule has 1 N–H and O–H groups in total. The van der Waals surface area contributed by atoms with Crippen molar-refractivity contribution in [2.45, 2.75) is 32.7 Å². The Hall–Kier alpha value is -2.50. The first-order valence-electron chi connectivity index (χ1n) is 7.14. The maximum Gasteiger partial charge on any atom is 0.262 e. The number of amides is 4. The number of carbonyl (C=O) groups is 4. The third kappa shape index (κ3) is 2.20. The smallest absolute Gasteiger partial charge is 0.262 e. The summed E-state index contributed by atoms with van der Waals surface area (Å²) in [4.78, 5) is 49.2. The third-order valence-corrected chi connectivity index (χ3v) is 4.07. The third-order valence-electron chi connectivity index (χ3n) is 4.07. The van der Waals surface area contributed by atoms with Crippen LogP contribution in [0.25, 0.3) is 0 Å². The summed E-state index contributed by atoms with van der Waals surface area (Å²) in [6, 6.07) is -0.917. The van der Waals surface area contributed by atoms with E-state index >= 15 is 0 Å². The second-order valence-electron chi connectivity index (χ2n) is 6.26. The van der Waals surface area contributed by atoms with Gasteiger partial charge in [-0.25, -0.2) is 0 Å². The summed E-state index contributed by atoms with van der Waals surface area (Å²) in [6.45, 7) is 3.93. The second-order valence-corrected chi connectivity index (χ2v) is 6.26. The van der Waals surface area contributed by atoms with Crippen molar-refractivity contribution < 1.29 is 19.2 Å². The van der Waals surface area contributed by atoms with E-state index in [0.717, 1.165) is 4.90 Å². The van der Waals surface area contributed by atoms with Crippen molar-refractivity contribution >= 4 is 23.6 Å². The van der Waals surface area contributed by atoms with Gasteiger partial charge in [-0.05, 0) is 6.42 Å². The zero-order chi connectivity index (χ0) is 16.1. The number of hydrogen-bond acceptors (Lipinski definition) is 4. The number of allylic oxidation sites excluding steroid dienone is 2. The quantitative estimate of drug-likeness (QED) is 0.719. The van der Waals surface area contributed by atoms with Gasteiger partial charge in [-0.15, -0.1) is 0 Å². The van der Waals surface area contributed by atoms with Gasteiger partial charge in [0.05, 0.1) is 11.1 Å². The van der Waals surface area contributed by atoms with Gasteiger partial charge in [0.15, 0.2) is 0 Å². The van der Waals surface area contributed by atoms with Crippen LogP contribution in [-0.2, 0) is 19.2 Å².